The highest BCUT2D eigenvalue weighted by Gasteiger charge is 2.54. The Morgan fingerprint density at radius 1 is 1.21 bits per heavy atom. The van der Waals surface area contributed by atoms with Gasteiger partial charge in [0.15, 0.2) is 0 Å². The SMILES string of the molecule is CCC(O)(c1cnc(NCc2ccc3c(-c4cccc(C#N)c4)cc(=O)oc3c2)[nH]1)C(F)(F)F. The molecule has 10 heteroatoms. The zero-order valence-corrected chi connectivity index (χ0v) is 17.9. The summed E-state index contributed by atoms with van der Waals surface area (Å²) in [4.78, 5) is 18.5. The van der Waals surface area contributed by atoms with Crippen LogP contribution in [-0.4, -0.2) is 21.3 Å². The fourth-order valence-electron chi connectivity index (χ4n) is 3.66. The van der Waals surface area contributed by atoms with Gasteiger partial charge in [0.05, 0.1) is 23.5 Å². The van der Waals surface area contributed by atoms with Crippen molar-refractivity contribution in [3.8, 4) is 17.2 Å². The maximum absolute atomic E-state index is 13.3. The monoisotopic (exact) mass is 468 g/mol. The van der Waals surface area contributed by atoms with Gasteiger partial charge < -0.3 is 19.8 Å². The van der Waals surface area contributed by atoms with Gasteiger partial charge in [-0.15, -0.1) is 0 Å². The Morgan fingerprint density at radius 3 is 2.71 bits per heavy atom. The first-order valence-electron chi connectivity index (χ1n) is 10.3. The average molecular weight is 468 g/mol. The van der Waals surface area contributed by atoms with Crippen LogP contribution in [0.5, 0.6) is 0 Å². The molecular formula is C24H19F3N4O3. The van der Waals surface area contributed by atoms with Crippen LogP contribution in [0.4, 0.5) is 19.1 Å². The Labute approximate surface area is 191 Å². The van der Waals surface area contributed by atoms with Crippen molar-refractivity contribution in [3.05, 3.63) is 82.0 Å². The van der Waals surface area contributed by atoms with E-state index in [-0.39, 0.29) is 12.5 Å². The number of rotatable bonds is 6. The number of aromatic nitrogens is 2. The van der Waals surface area contributed by atoms with Crippen molar-refractivity contribution >= 4 is 16.9 Å². The first kappa shape index (κ1) is 23.1. The normalized spacial score (nSPS) is 13.4. The fourth-order valence-corrected chi connectivity index (χ4v) is 3.66. The zero-order valence-electron chi connectivity index (χ0n) is 17.9. The number of aliphatic hydroxyl groups is 1. The third-order valence-electron chi connectivity index (χ3n) is 5.57. The maximum Gasteiger partial charge on any atom is 0.422 e. The summed E-state index contributed by atoms with van der Waals surface area (Å²) >= 11 is 0. The van der Waals surface area contributed by atoms with Gasteiger partial charge in [0.1, 0.15) is 5.58 Å². The van der Waals surface area contributed by atoms with Crippen molar-refractivity contribution in [2.45, 2.75) is 31.7 Å². The molecule has 2 heterocycles. The van der Waals surface area contributed by atoms with E-state index in [0.29, 0.717) is 33.2 Å². The summed E-state index contributed by atoms with van der Waals surface area (Å²) in [6, 6.07) is 15.5. The number of anilines is 1. The van der Waals surface area contributed by atoms with Gasteiger partial charge in [-0.05, 0) is 41.3 Å². The van der Waals surface area contributed by atoms with Gasteiger partial charge in [-0.3, -0.25) is 0 Å². The third kappa shape index (κ3) is 4.25. The molecule has 0 saturated carbocycles. The van der Waals surface area contributed by atoms with Gasteiger partial charge in [0.25, 0.3) is 0 Å². The fraction of sp³-hybridized carbons (Fsp3) is 0.208. The van der Waals surface area contributed by atoms with E-state index in [4.69, 9.17) is 9.68 Å². The van der Waals surface area contributed by atoms with Crippen LogP contribution >= 0.6 is 0 Å². The number of nitrogens with zero attached hydrogens (tertiary/aromatic N) is 2. The lowest BCUT2D eigenvalue weighted by Crippen LogP contribution is -2.42. The molecule has 0 bridgehead atoms. The Kier molecular flexibility index (Phi) is 5.89. The number of imidazole rings is 1. The molecule has 2 aromatic carbocycles. The van der Waals surface area contributed by atoms with Crippen molar-refractivity contribution in [1.29, 1.82) is 5.26 Å². The van der Waals surface area contributed by atoms with E-state index in [1.807, 2.05) is 0 Å². The van der Waals surface area contributed by atoms with E-state index in [9.17, 15) is 23.1 Å². The Balaban J connectivity index is 1.60. The third-order valence-corrected chi connectivity index (χ3v) is 5.57. The van der Waals surface area contributed by atoms with Crippen molar-refractivity contribution in [2.24, 2.45) is 0 Å². The second-order valence-corrected chi connectivity index (χ2v) is 7.71. The largest absolute Gasteiger partial charge is 0.423 e. The van der Waals surface area contributed by atoms with Crippen LogP contribution in [-0.2, 0) is 12.1 Å². The van der Waals surface area contributed by atoms with Crippen LogP contribution < -0.4 is 10.9 Å². The molecule has 0 fully saturated rings. The lowest BCUT2D eigenvalue weighted by Gasteiger charge is -2.27. The minimum Gasteiger partial charge on any atom is -0.423 e. The highest BCUT2D eigenvalue weighted by molar-refractivity contribution is 5.93. The molecule has 0 aliphatic heterocycles. The highest BCUT2D eigenvalue weighted by Crippen LogP contribution is 2.40. The van der Waals surface area contributed by atoms with Crippen molar-refractivity contribution in [1.82, 2.24) is 9.97 Å². The van der Waals surface area contributed by atoms with Crippen LogP contribution in [0, 0.1) is 11.3 Å². The van der Waals surface area contributed by atoms with Gasteiger partial charge >= 0.3 is 11.8 Å². The molecule has 4 rings (SSSR count). The maximum atomic E-state index is 13.3. The highest BCUT2D eigenvalue weighted by atomic mass is 19.4. The topological polar surface area (TPSA) is 115 Å². The van der Waals surface area contributed by atoms with Crippen LogP contribution in [0.2, 0.25) is 0 Å². The number of hydrogen-bond donors (Lipinski definition) is 3. The summed E-state index contributed by atoms with van der Waals surface area (Å²) in [7, 11) is 0. The van der Waals surface area contributed by atoms with E-state index in [2.05, 4.69) is 21.4 Å². The van der Waals surface area contributed by atoms with E-state index >= 15 is 0 Å². The molecule has 34 heavy (non-hydrogen) atoms. The first-order chi connectivity index (χ1) is 16.1. The summed E-state index contributed by atoms with van der Waals surface area (Å²) < 4.78 is 45.1. The minimum atomic E-state index is -4.86. The number of nitriles is 1. The quantitative estimate of drug-likeness (QED) is 0.349. The molecule has 4 aromatic rings. The van der Waals surface area contributed by atoms with Crippen molar-refractivity contribution in [2.75, 3.05) is 5.32 Å². The number of benzene rings is 2. The van der Waals surface area contributed by atoms with Crippen molar-refractivity contribution in [3.63, 3.8) is 0 Å². The predicted octanol–water partition coefficient (Wildman–Crippen LogP) is 4.83. The number of hydrogen-bond acceptors (Lipinski definition) is 6. The van der Waals surface area contributed by atoms with E-state index in [0.717, 1.165) is 6.20 Å². The number of H-pyrrole nitrogens is 1. The molecule has 2 aromatic heterocycles. The molecule has 0 amide bonds. The van der Waals surface area contributed by atoms with Gasteiger partial charge in [0.2, 0.25) is 11.5 Å². The Hall–Kier alpha value is -4.10. The molecule has 0 spiro atoms. The lowest BCUT2D eigenvalue weighted by molar-refractivity contribution is -0.269. The van der Waals surface area contributed by atoms with Crippen LogP contribution in [0.1, 0.15) is 30.2 Å². The molecule has 0 aliphatic carbocycles. The standard InChI is InChI=1S/C24H19F3N4O3/c1-2-23(33,24(25,26)27)20-13-30-22(31-20)29-12-15-6-7-17-18(10-21(32)34-19(17)9-15)16-5-3-4-14(8-16)11-28/h3-10,13,33H,2,12H2,1H3,(H2,29,30,31). The molecule has 174 valence electrons. The molecule has 1 atom stereocenters. The first-order valence-corrected chi connectivity index (χ1v) is 10.3. The summed E-state index contributed by atoms with van der Waals surface area (Å²) in [6.07, 6.45) is -4.48. The average Bonchev–Trinajstić information content (AvgIpc) is 3.30. The number of alkyl halides is 3. The Bertz CT molecular complexity index is 1450. The van der Waals surface area contributed by atoms with Gasteiger partial charge in [0, 0.05) is 18.0 Å². The number of fused-ring (bicyclic) bond motifs is 1. The number of aromatic amines is 1. The summed E-state index contributed by atoms with van der Waals surface area (Å²) in [6.45, 7) is 1.40. The molecule has 0 aliphatic rings. The van der Waals surface area contributed by atoms with Gasteiger partial charge in [-0.2, -0.15) is 18.4 Å². The summed E-state index contributed by atoms with van der Waals surface area (Å²) in [5.41, 5.74) is -1.28. The second kappa shape index (κ2) is 8.68. The van der Waals surface area contributed by atoms with Gasteiger partial charge in [-0.1, -0.05) is 31.2 Å². The van der Waals surface area contributed by atoms with E-state index in [1.165, 1.54) is 13.0 Å². The smallest absolute Gasteiger partial charge is 0.422 e. The summed E-state index contributed by atoms with van der Waals surface area (Å²) in [5.74, 6) is 0.0507. The molecule has 7 nitrogen and oxygen atoms in total. The molecule has 3 N–H and O–H groups in total. The molecule has 0 radical (unpaired) electrons. The Morgan fingerprint density at radius 2 is 2.00 bits per heavy atom. The van der Waals surface area contributed by atoms with Crippen molar-refractivity contribution < 1.29 is 22.7 Å². The second-order valence-electron chi connectivity index (χ2n) is 7.71. The number of nitrogens with one attached hydrogen (secondary N) is 2. The van der Waals surface area contributed by atoms with Crippen LogP contribution in [0.3, 0.4) is 0 Å². The summed E-state index contributed by atoms with van der Waals surface area (Å²) in [5, 5.41) is 22.7. The van der Waals surface area contributed by atoms with E-state index in [1.54, 1.807) is 42.5 Å². The molecule has 1 unspecified atom stereocenters. The lowest BCUT2D eigenvalue weighted by atomic mass is 9.96. The molecule has 0 saturated heterocycles. The zero-order chi connectivity index (χ0) is 24.5. The van der Waals surface area contributed by atoms with E-state index < -0.39 is 29.5 Å². The molecular weight excluding hydrogens is 449 g/mol. The predicted molar refractivity (Wildman–Crippen MR) is 119 cm³/mol. The van der Waals surface area contributed by atoms with Gasteiger partial charge in [-0.25, -0.2) is 9.78 Å². The van der Waals surface area contributed by atoms with Crippen LogP contribution in [0.15, 0.2) is 63.9 Å². The number of halogens is 3. The van der Waals surface area contributed by atoms with Crippen LogP contribution in [0.25, 0.3) is 22.1 Å². The minimum absolute atomic E-state index is 0.0507.